The zero-order chi connectivity index (χ0) is 20.4. The van der Waals surface area contributed by atoms with E-state index in [0.29, 0.717) is 38.4 Å². The molecule has 3 heterocycles. The van der Waals surface area contributed by atoms with Gasteiger partial charge in [-0.25, -0.2) is 22.7 Å². The minimum Gasteiger partial charge on any atom is -0.497 e. The van der Waals surface area contributed by atoms with Gasteiger partial charge in [-0.15, -0.1) is 0 Å². The van der Waals surface area contributed by atoms with E-state index in [9.17, 15) is 8.42 Å². The lowest BCUT2D eigenvalue weighted by atomic mass is 10.0. The Labute approximate surface area is 172 Å². The van der Waals surface area contributed by atoms with Crippen LogP contribution in [0, 0.1) is 12.8 Å². The minimum absolute atomic E-state index is 0.173. The number of sulfonamides is 1. The third-order valence-corrected chi connectivity index (χ3v) is 8.46. The molecule has 2 aromatic rings. The highest BCUT2D eigenvalue weighted by atomic mass is 32.2. The summed E-state index contributed by atoms with van der Waals surface area (Å²) >= 11 is 0. The highest BCUT2D eigenvalue weighted by molar-refractivity contribution is 7.90. The smallest absolute Gasteiger partial charge is 0.225 e. The van der Waals surface area contributed by atoms with Crippen LogP contribution < -0.4 is 9.64 Å². The highest BCUT2D eigenvalue weighted by Gasteiger charge is 2.46. The van der Waals surface area contributed by atoms with Gasteiger partial charge in [-0.2, -0.15) is 0 Å². The maximum Gasteiger partial charge on any atom is 0.225 e. The number of aromatic nitrogens is 2. The standard InChI is InChI=1S/C21H28N4O3S/c1-16-13-22-21(23-14-16)24-10-8-18-15-25(29(26,27)20(18)9-11-24)12-7-17-3-5-19(28-2)6-4-17/h3-6,13-14,18,20H,7-12,15H2,1-2H3/t18-,20-/m1/s1. The summed E-state index contributed by atoms with van der Waals surface area (Å²) in [6.07, 6.45) is 5.81. The van der Waals surface area contributed by atoms with Gasteiger partial charge in [-0.05, 0) is 55.4 Å². The van der Waals surface area contributed by atoms with Crippen LogP contribution in [-0.4, -0.2) is 61.2 Å². The summed E-state index contributed by atoms with van der Waals surface area (Å²) in [6.45, 7) is 4.59. The zero-order valence-corrected chi connectivity index (χ0v) is 17.8. The van der Waals surface area contributed by atoms with Gasteiger partial charge in [0.25, 0.3) is 0 Å². The first-order valence-corrected chi connectivity index (χ1v) is 11.6. The number of ether oxygens (including phenoxy) is 1. The molecular weight excluding hydrogens is 388 g/mol. The van der Waals surface area contributed by atoms with E-state index in [-0.39, 0.29) is 11.2 Å². The third kappa shape index (κ3) is 4.23. The van der Waals surface area contributed by atoms with E-state index >= 15 is 0 Å². The summed E-state index contributed by atoms with van der Waals surface area (Å²) in [4.78, 5) is 10.9. The van der Waals surface area contributed by atoms with Gasteiger partial charge in [0, 0.05) is 38.6 Å². The molecule has 2 atom stereocenters. The molecule has 2 saturated heterocycles. The predicted molar refractivity (Wildman–Crippen MR) is 113 cm³/mol. The second-order valence-corrected chi connectivity index (χ2v) is 10.1. The summed E-state index contributed by atoms with van der Waals surface area (Å²) < 4.78 is 33.2. The first-order chi connectivity index (χ1) is 14.0. The molecule has 29 heavy (non-hydrogen) atoms. The Kier molecular flexibility index (Phi) is 5.74. The molecule has 2 fully saturated rings. The largest absolute Gasteiger partial charge is 0.497 e. The van der Waals surface area contributed by atoms with E-state index in [1.54, 1.807) is 11.4 Å². The lowest BCUT2D eigenvalue weighted by Gasteiger charge is -2.22. The van der Waals surface area contributed by atoms with Crippen molar-refractivity contribution >= 4 is 16.0 Å². The summed E-state index contributed by atoms with van der Waals surface area (Å²) in [5.74, 6) is 1.68. The maximum absolute atomic E-state index is 13.1. The fourth-order valence-corrected chi connectivity index (χ4v) is 6.55. The van der Waals surface area contributed by atoms with E-state index in [1.807, 2.05) is 43.6 Å². The average Bonchev–Trinajstić information content (AvgIpc) is 2.86. The van der Waals surface area contributed by atoms with Crippen molar-refractivity contribution in [3.8, 4) is 5.75 Å². The molecule has 7 nitrogen and oxygen atoms in total. The molecule has 1 aromatic heterocycles. The maximum atomic E-state index is 13.1. The van der Waals surface area contributed by atoms with Crippen LogP contribution in [0.25, 0.3) is 0 Å². The van der Waals surface area contributed by atoms with Crippen LogP contribution >= 0.6 is 0 Å². The first-order valence-electron chi connectivity index (χ1n) is 10.1. The topological polar surface area (TPSA) is 75.6 Å². The summed E-state index contributed by atoms with van der Waals surface area (Å²) in [5, 5.41) is -0.297. The molecule has 2 aliphatic rings. The van der Waals surface area contributed by atoms with E-state index < -0.39 is 10.0 Å². The van der Waals surface area contributed by atoms with Crippen molar-refractivity contribution in [2.75, 3.05) is 38.2 Å². The number of aryl methyl sites for hydroxylation is 1. The van der Waals surface area contributed by atoms with Gasteiger partial charge < -0.3 is 9.64 Å². The van der Waals surface area contributed by atoms with Crippen molar-refractivity contribution in [3.63, 3.8) is 0 Å². The summed E-state index contributed by atoms with van der Waals surface area (Å²) in [5.41, 5.74) is 2.14. The van der Waals surface area contributed by atoms with Gasteiger partial charge in [0.15, 0.2) is 0 Å². The Hall–Kier alpha value is -2.19. The fourth-order valence-electron chi connectivity index (χ4n) is 4.31. The van der Waals surface area contributed by atoms with Crippen molar-refractivity contribution in [1.82, 2.24) is 14.3 Å². The number of hydrogen-bond donors (Lipinski definition) is 0. The van der Waals surface area contributed by atoms with Crippen LogP contribution in [0.15, 0.2) is 36.7 Å². The number of rotatable bonds is 5. The van der Waals surface area contributed by atoms with E-state index in [0.717, 1.165) is 29.8 Å². The lowest BCUT2D eigenvalue weighted by Crippen LogP contribution is -2.33. The van der Waals surface area contributed by atoms with Crippen molar-refractivity contribution in [3.05, 3.63) is 47.8 Å². The van der Waals surface area contributed by atoms with Crippen LogP contribution in [0.4, 0.5) is 5.95 Å². The van der Waals surface area contributed by atoms with Gasteiger partial charge in [0.2, 0.25) is 16.0 Å². The Bertz CT molecular complexity index is 931. The van der Waals surface area contributed by atoms with Gasteiger partial charge in [0.05, 0.1) is 12.4 Å². The Morgan fingerprint density at radius 3 is 2.48 bits per heavy atom. The number of fused-ring (bicyclic) bond motifs is 1. The molecule has 8 heteroatoms. The SMILES string of the molecule is COc1ccc(CCN2C[C@H]3CCN(c4ncc(C)cn4)CC[C@H]3S2(=O)=O)cc1. The van der Waals surface area contributed by atoms with Crippen LogP contribution in [0.5, 0.6) is 5.75 Å². The van der Waals surface area contributed by atoms with Gasteiger partial charge >= 0.3 is 0 Å². The summed E-state index contributed by atoms with van der Waals surface area (Å²) in [7, 11) is -1.62. The Morgan fingerprint density at radius 1 is 1.10 bits per heavy atom. The summed E-state index contributed by atoms with van der Waals surface area (Å²) in [6, 6.07) is 7.83. The molecule has 156 valence electrons. The van der Waals surface area contributed by atoms with Gasteiger partial charge in [-0.3, -0.25) is 0 Å². The van der Waals surface area contributed by atoms with Gasteiger partial charge in [0.1, 0.15) is 5.75 Å². The van der Waals surface area contributed by atoms with E-state index in [1.165, 1.54) is 0 Å². The second-order valence-electron chi connectivity index (χ2n) is 7.92. The molecule has 0 radical (unpaired) electrons. The van der Waals surface area contributed by atoms with Crippen molar-refractivity contribution < 1.29 is 13.2 Å². The molecule has 0 aliphatic carbocycles. The number of hydrogen-bond acceptors (Lipinski definition) is 6. The number of nitrogens with zero attached hydrogens (tertiary/aromatic N) is 4. The quantitative estimate of drug-likeness (QED) is 0.744. The minimum atomic E-state index is -3.27. The molecule has 0 saturated carbocycles. The van der Waals surface area contributed by atoms with Crippen molar-refractivity contribution in [2.45, 2.75) is 31.4 Å². The number of anilines is 1. The number of benzene rings is 1. The Morgan fingerprint density at radius 2 is 1.79 bits per heavy atom. The predicted octanol–water partition coefficient (Wildman–Crippen LogP) is 2.27. The van der Waals surface area contributed by atoms with Crippen LogP contribution in [-0.2, 0) is 16.4 Å². The van der Waals surface area contributed by atoms with E-state index in [4.69, 9.17) is 4.74 Å². The second kappa shape index (κ2) is 8.28. The third-order valence-electron chi connectivity index (χ3n) is 6.02. The van der Waals surface area contributed by atoms with Crippen molar-refractivity contribution in [1.29, 1.82) is 0 Å². The van der Waals surface area contributed by atoms with Crippen molar-refractivity contribution in [2.24, 2.45) is 5.92 Å². The molecule has 0 amide bonds. The first kappa shape index (κ1) is 20.1. The van der Waals surface area contributed by atoms with Crippen LogP contribution in [0.3, 0.4) is 0 Å². The molecule has 0 spiro atoms. The fraction of sp³-hybridized carbons (Fsp3) is 0.524. The number of methoxy groups -OCH3 is 1. The monoisotopic (exact) mass is 416 g/mol. The lowest BCUT2D eigenvalue weighted by molar-refractivity contribution is 0.388. The van der Waals surface area contributed by atoms with Crippen LogP contribution in [0.2, 0.25) is 0 Å². The molecule has 2 aliphatic heterocycles. The Balaban J connectivity index is 1.39. The molecular formula is C21H28N4O3S. The molecule has 1 aromatic carbocycles. The normalized spacial score (nSPS) is 24.1. The van der Waals surface area contributed by atoms with Crippen LogP contribution in [0.1, 0.15) is 24.0 Å². The molecule has 0 N–H and O–H groups in total. The van der Waals surface area contributed by atoms with Gasteiger partial charge in [-0.1, -0.05) is 12.1 Å². The zero-order valence-electron chi connectivity index (χ0n) is 17.0. The average molecular weight is 417 g/mol. The molecule has 0 unspecified atom stereocenters. The molecule has 4 rings (SSSR count). The molecule has 0 bridgehead atoms. The van der Waals surface area contributed by atoms with E-state index in [2.05, 4.69) is 14.9 Å². The highest BCUT2D eigenvalue weighted by Crippen LogP contribution is 2.35.